The molecule has 2 N–H and O–H groups in total. The summed E-state index contributed by atoms with van der Waals surface area (Å²) in [6.45, 7) is 4.02. The molecule has 0 aliphatic carbocycles. The molecular weight excluding hydrogens is 270 g/mol. The van der Waals surface area contributed by atoms with Gasteiger partial charge < -0.3 is 20.1 Å². The van der Waals surface area contributed by atoms with Crippen LogP contribution in [0.15, 0.2) is 5.38 Å². The van der Waals surface area contributed by atoms with Crippen LogP contribution in [0.1, 0.15) is 17.4 Å². The van der Waals surface area contributed by atoms with Crippen LogP contribution in [0, 0.1) is 0 Å². The number of nitrogens with one attached hydrogen (secondary N) is 1. The van der Waals surface area contributed by atoms with Gasteiger partial charge in [0, 0.05) is 18.5 Å². The zero-order valence-corrected chi connectivity index (χ0v) is 11.3. The fourth-order valence-corrected chi connectivity index (χ4v) is 2.52. The van der Waals surface area contributed by atoms with Crippen molar-refractivity contribution in [1.29, 1.82) is 0 Å². The van der Waals surface area contributed by atoms with E-state index in [0.29, 0.717) is 31.4 Å². The molecule has 0 saturated carbocycles. The van der Waals surface area contributed by atoms with Crippen LogP contribution >= 0.6 is 11.3 Å². The van der Waals surface area contributed by atoms with Crippen molar-refractivity contribution in [2.45, 2.75) is 13.0 Å². The molecule has 0 bridgehead atoms. The Kier molecular flexibility index (Phi) is 4.33. The van der Waals surface area contributed by atoms with Crippen molar-refractivity contribution < 1.29 is 19.4 Å². The van der Waals surface area contributed by atoms with E-state index in [2.05, 4.69) is 10.3 Å². The van der Waals surface area contributed by atoms with E-state index in [9.17, 15) is 9.59 Å². The lowest BCUT2D eigenvalue weighted by molar-refractivity contribution is -0.135. The van der Waals surface area contributed by atoms with Crippen molar-refractivity contribution in [3.63, 3.8) is 0 Å². The Morgan fingerprint density at radius 3 is 2.79 bits per heavy atom. The number of amides is 1. The molecule has 1 aliphatic rings. The SMILES string of the molecule is CC(Nc1nc(C(=O)O)cs1)C(=O)N1CCOCC1. The van der Waals surface area contributed by atoms with Gasteiger partial charge in [-0.15, -0.1) is 11.3 Å². The van der Waals surface area contributed by atoms with Gasteiger partial charge in [0.05, 0.1) is 13.2 Å². The van der Waals surface area contributed by atoms with E-state index < -0.39 is 12.0 Å². The van der Waals surface area contributed by atoms with Gasteiger partial charge in [-0.05, 0) is 6.92 Å². The van der Waals surface area contributed by atoms with Gasteiger partial charge in [0.1, 0.15) is 6.04 Å². The second-order valence-electron chi connectivity index (χ2n) is 4.15. The zero-order valence-electron chi connectivity index (χ0n) is 10.5. The summed E-state index contributed by atoms with van der Waals surface area (Å²) in [5.74, 6) is -1.10. The third kappa shape index (κ3) is 3.42. The van der Waals surface area contributed by atoms with Gasteiger partial charge in [0.2, 0.25) is 5.91 Å². The highest BCUT2D eigenvalue weighted by atomic mass is 32.1. The molecule has 2 heterocycles. The highest BCUT2D eigenvalue weighted by Crippen LogP contribution is 2.17. The van der Waals surface area contributed by atoms with Crippen molar-refractivity contribution in [2.24, 2.45) is 0 Å². The number of hydrogen-bond acceptors (Lipinski definition) is 6. The quantitative estimate of drug-likeness (QED) is 0.837. The van der Waals surface area contributed by atoms with Gasteiger partial charge in [0.25, 0.3) is 0 Å². The van der Waals surface area contributed by atoms with Gasteiger partial charge in [-0.25, -0.2) is 9.78 Å². The lowest BCUT2D eigenvalue weighted by Gasteiger charge is -2.29. The second-order valence-corrected chi connectivity index (χ2v) is 5.00. The normalized spacial score (nSPS) is 17.0. The van der Waals surface area contributed by atoms with Crippen LogP contribution in [0.4, 0.5) is 5.13 Å². The summed E-state index contributed by atoms with van der Waals surface area (Å²) in [6.07, 6.45) is 0. The summed E-state index contributed by atoms with van der Waals surface area (Å²) in [5, 5.41) is 13.6. The van der Waals surface area contributed by atoms with E-state index in [1.54, 1.807) is 11.8 Å². The van der Waals surface area contributed by atoms with E-state index in [-0.39, 0.29) is 11.6 Å². The summed E-state index contributed by atoms with van der Waals surface area (Å²) in [4.78, 5) is 28.4. The Balaban J connectivity index is 1.93. The van der Waals surface area contributed by atoms with Crippen LogP contribution in [0.5, 0.6) is 0 Å². The Hall–Kier alpha value is -1.67. The molecule has 19 heavy (non-hydrogen) atoms. The number of aromatic carboxylic acids is 1. The summed E-state index contributed by atoms with van der Waals surface area (Å²) in [7, 11) is 0. The molecule has 0 spiro atoms. The molecule has 0 radical (unpaired) electrons. The van der Waals surface area contributed by atoms with Crippen LogP contribution < -0.4 is 5.32 Å². The summed E-state index contributed by atoms with van der Waals surface area (Å²) in [5.41, 5.74) is -0.0153. The average Bonchev–Trinajstić information content (AvgIpc) is 2.87. The van der Waals surface area contributed by atoms with Gasteiger partial charge in [-0.2, -0.15) is 0 Å². The van der Waals surface area contributed by atoms with Gasteiger partial charge in [-0.3, -0.25) is 4.79 Å². The maximum Gasteiger partial charge on any atom is 0.355 e. The number of carboxylic acid groups (broad SMARTS) is 1. The number of ether oxygens (including phenoxy) is 1. The lowest BCUT2D eigenvalue weighted by Crippen LogP contribution is -2.46. The number of anilines is 1. The minimum Gasteiger partial charge on any atom is -0.476 e. The maximum atomic E-state index is 12.1. The van der Waals surface area contributed by atoms with E-state index in [4.69, 9.17) is 9.84 Å². The zero-order chi connectivity index (χ0) is 13.8. The Labute approximate surface area is 114 Å². The van der Waals surface area contributed by atoms with Crippen molar-refractivity contribution in [3.05, 3.63) is 11.1 Å². The van der Waals surface area contributed by atoms with Crippen molar-refractivity contribution in [1.82, 2.24) is 9.88 Å². The molecule has 1 aromatic heterocycles. The summed E-state index contributed by atoms with van der Waals surface area (Å²) >= 11 is 1.17. The number of carbonyl (C=O) groups is 2. The molecule has 0 aromatic carbocycles. The summed E-state index contributed by atoms with van der Waals surface area (Å²) in [6, 6.07) is -0.439. The predicted molar refractivity (Wildman–Crippen MR) is 69.6 cm³/mol. The number of nitrogens with zero attached hydrogens (tertiary/aromatic N) is 2. The van der Waals surface area contributed by atoms with Gasteiger partial charge in [0.15, 0.2) is 10.8 Å². The first-order valence-electron chi connectivity index (χ1n) is 5.90. The minimum atomic E-state index is -1.07. The number of thiazole rings is 1. The number of aromatic nitrogens is 1. The first-order valence-corrected chi connectivity index (χ1v) is 6.78. The second kappa shape index (κ2) is 5.98. The Morgan fingerprint density at radius 1 is 1.53 bits per heavy atom. The number of carbonyl (C=O) groups excluding carboxylic acids is 1. The molecule has 1 amide bonds. The number of rotatable bonds is 4. The van der Waals surface area contributed by atoms with E-state index in [0.717, 1.165) is 0 Å². The number of hydrogen-bond donors (Lipinski definition) is 2. The van der Waals surface area contributed by atoms with Crippen LogP contribution in [0.25, 0.3) is 0 Å². The molecule has 1 aromatic rings. The molecule has 8 heteroatoms. The van der Waals surface area contributed by atoms with Gasteiger partial charge >= 0.3 is 5.97 Å². The minimum absolute atomic E-state index is 0.0153. The van der Waals surface area contributed by atoms with Crippen molar-refractivity contribution >= 4 is 28.3 Å². The Bertz CT molecular complexity index is 470. The first-order chi connectivity index (χ1) is 9.08. The monoisotopic (exact) mass is 285 g/mol. The van der Waals surface area contributed by atoms with Gasteiger partial charge in [-0.1, -0.05) is 0 Å². The molecule has 1 aliphatic heterocycles. The fourth-order valence-electron chi connectivity index (χ4n) is 1.74. The molecule has 1 unspecified atom stereocenters. The standard InChI is InChI=1S/C11H15N3O4S/c1-7(9(15)14-2-4-18-5-3-14)12-11-13-8(6-19-11)10(16)17/h6-7H,2-5H2,1H3,(H,12,13)(H,16,17). The van der Waals surface area contributed by atoms with E-state index >= 15 is 0 Å². The highest BCUT2D eigenvalue weighted by Gasteiger charge is 2.23. The molecule has 104 valence electrons. The summed E-state index contributed by atoms with van der Waals surface area (Å²) < 4.78 is 5.19. The highest BCUT2D eigenvalue weighted by molar-refractivity contribution is 7.13. The Morgan fingerprint density at radius 2 is 2.21 bits per heavy atom. The van der Waals surface area contributed by atoms with Crippen LogP contribution in [0.2, 0.25) is 0 Å². The molecule has 1 atom stereocenters. The van der Waals surface area contributed by atoms with E-state index in [1.165, 1.54) is 16.7 Å². The predicted octanol–water partition coefficient (Wildman–Crippen LogP) is 0.500. The average molecular weight is 285 g/mol. The topological polar surface area (TPSA) is 91.8 Å². The molecular formula is C11H15N3O4S. The van der Waals surface area contributed by atoms with E-state index in [1.807, 2.05) is 0 Å². The molecule has 1 saturated heterocycles. The number of morpholine rings is 1. The molecule has 2 rings (SSSR count). The third-order valence-electron chi connectivity index (χ3n) is 2.76. The maximum absolute atomic E-state index is 12.1. The van der Waals surface area contributed by atoms with Crippen LogP contribution in [0.3, 0.4) is 0 Å². The molecule has 7 nitrogen and oxygen atoms in total. The fraction of sp³-hybridized carbons (Fsp3) is 0.545. The smallest absolute Gasteiger partial charge is 0.355 e. The van der Waals surface area contributed by atoms with Crippen molar-refractivity contribution in [2.75, 3.05) is 31.6 Å². The molecule has 1 fully saturated rings. The van der Waals surface area contributed by atoms with Crippen LogP contribution in [-0.4, -0.2) is 59.2 Å². The third-order valence-corrected chi connectivity index (χ3v) is 3.53. The largest absolute Gasteiger partial charge is 0.476 e. The van der Waals surface area contributed by atoms with Crippen LogP contribution in [-0.2, 0) is 9.53 Å². The van der Waals surface area contributed by atoms with Crippen molar-refractivity contribution in [3.8, 4) is 0 Å². The lowest BCUT2D eigenvalue weighted by atomic mass is 10.2. The number of carboxylic acids is 1. The first kappa shape index (κ1) is 13.8.